The maximum absolute atomic E-state index is 6.45. The lowest BCUT2D eigenvalue weighted by molar-refractivity contribution is 0.256. The van der Waals surface area contributed by atoms with Crippen LogP contribution in [0, 0.1) is 0 Å². The zero-order chi connectivity index (χ0) is 27.5. The Labute approximate surface area is 256 Å². The number of piperazine rings is 1. The summed E-state index contributed by atoms with van der Waals surface area (Å²) in [4.78, 5) is 21.5. The first-order valence-corrected chi connectivity index (χ1v) is 14.3. The van der Waals surface area contributed by atoms with Gasteiger partial charge in [0.2, 0.25) is 0 Å². The molecule has 6 rings (SSSR count). The first-order valence-electron chi connectivity index (χ1n) is 13.6. The van der Waals surface area contributed by atoms with Crippen molar-refractivity contribution in [2.45, 2.75) is 6.42 Å². The van der Waals surface area contributed by atoms with E-state index < -0.39 is 0 Å². The molecule has 41 heavy (non-hydrogen) atoms. The van der Waals surface area contributed by atoms with Crippen molar-refractivity contribution in [2.75, 3.05) is 56.1 Å². The van der Waals surface area contributed by atoms with Crippen LogP contribution in [-0.2, 0) is 0 Å². The summed E-state index contributed by atoms with van der Waals surface area (Å²) in [6, 6.07) is 26.3. The summed E-state index contributed by atoms with van der Waals surface area (Å²) >= 11 is 12.7. The molecule has 1 fully saturated rings. The number of fused-ring (bicyclic) bond motifs is 1. The van der Waals surface area contributed by atoms with E-state index in [0.717, 1.165) is 85.4 Å². The van der Waals surface area contributed by atoms with Crippen LogP contribution in [0.2, 0.25) is 10.0 Å². The number of rotatable bonds is 8. The third-order valence-corrected chi connectivity index (χ3v) is 8.25. The predicted molar refractivity (Wildman–Crippen MR) is 172 cm³/mol. The normalized spacial score (nSPS) is 13.8. The zero-order valence-corrected chi connectivity index (χ0v) is 25.2. The van der Waals surface area contributed by atoms with Crippen LogP contribution in [0.15, 0.2) is 85.2 Å². The van der Waals surface area contributed by atoms with Crippen LogP contribution in [0.1, 0.15) is 6.42 Å². The van der Waals surface area contributed by atoms with Gasteiger partial charge in [0.25, 0.3) is 0 Å². The van der Waals surface area contributed by atoms with E-state index in [1.165, 1.54) is 0 Å². The molecule has 3 heterocycles. The molecule has 1 aliphatic heterocycles. The summed E-state index contributed by atoms with van der Waals surface area (Å²) in [7, 11) is 2.09. The molecule has 0 N–H and O–H groups in total. The second-order valence-electron chi connectivity index (χ2n) is 10.0. The maximum Gasteiger partial charge on any atom is 0.170 e. The van der Waals surface area contributed by atoms with E-state index in [0.29, 0.717) is 10.0 Å². The predicted octanol–water partition coefficient (Wildman–Crippen LogP) is 6.86. The number of benzene rings is 3. The third kappa shape index (κ3) is 6.14. The minimum atomic E-state index is 0. The van der Waals surface area contributed by atoms with Crippen LogP contribution < -0.4 is 9.80 Å². The molecule has 1 saturated heterocycles. The number of aromatic nitrogens is 4. The Kier molecular flexibility index (Phi) is 9.30. The number of hydrogen-bond acceptors (Lipinski definition) is 6. The van der Waals surface area contributed by atoms with E-state index in [2.05, 4.69) is 60.5 Å². The fourth-order valence-electron chi connectivity index (χ4n) is 5.35. The van der Waals surface area contributed by atoms with Crippen molar-refractivity contribution in [2.24, 2.45) is 0 Å². The number of nitrogens with zero attached hydrogens (tertiary/aromatic N) is 7. The van der Waals surface area contributed by atoms with Gasteiger partial charge < -0.3 is 9.80 Å². The summed E-state index contributed by atoms with van der Waals surface area (Å²) in [5.74, 6) is 1.70. The van der Waals surface area contributed by atoms with Crippen LogP contribution in [0.4, 0.5) is 11.5 Å². The van der Waals surface area contributed by atoms with E-state index in [-0.39, 0.29) is 12.4 Å². The van der Waals surface area contributed by atoms with Crippen molar-refractivity contribution in [1.29, 1.82) is 0 Å². The molecule has 0 atom stereocenters. The summed E-state index contributed by atoms with van der Waals surface area (Å²) in [5, 5.41) is 1.24. The van der Waals surface area contributed by atoms with E-state index in [1.807, 2.05) is 54.6 Å². The fourth-order valence-corrected chi connectivity index (χ4v) is 5.76. The monoisotopic (exact) mass is 607 g/mol. The molecular formula is C31H32Cl3N7. The van der Waals surface area contributed by atoms with Gasteiger partial charge in [-0.15, -0.1) is 12.4 Å². The summed E-state index contributed by atoms with van der Waals surface area (Å²) in [6.07, 6.45) is 2.66. The molecule has 0 aliphatic carbocycles. The molecule has 0 spiro atoms. The average molecular weight is 609 g/mol. The molecular weight excluding hydrogens is 577 g/mol. The van der Waals surface area contributed by atoms with Crippen LogP contribution in [-0.4, -0.2) is 70.7 Å². The lowest BCUT2D eigenvalue weighted by atomic mass is 10.2. The topological polar surface area (TPSA) is 53.3 Å². The SMILES string of the molecule is CN(CCCN1CCN(c2cccc(Cl)c2Cl)CC1)c1ncnc2c1nc(-c1ccccc1)n2-c1ccccc1.Cl. The van der Waals surface area contributed by atoms with Gasteiger partial charge in [-0.3, -0.25) is 9.47 Å². The highest BCUT2D eigenvalue weighted by atomic mass is 35.5. The van der Waals surface area contributed by atoms with Gasteiger partial charge in [0.1, 0.15) is 12.2 Å². The van der Waals surface area contributed by atoms with Crippen molar-refractivity contribution in [3.8, 4) is 17.1 Å². The first-order chi connectivity index (χ1) is 19.6. The largest absolute Gasteiger partial charge is 0.368 e. The summed E-state index contributed by atoms with van der Waals surface area (Å²) < 4.78 is 2.12. The quantitative estimate of drug-likeness (QED) is 0.192. The number of imidazole rings is 1. The standard InChI is InChI=1S/C31H31Cl2N7.ClH/c1-37(16-9-17-38-18-20-39(21-19-38)26-15-8-14-25(32)27(26)33)30-28-31(35-22-34-30)40(24-12-6-3-7-13-24)29(36-28)23-10-4-2-5-11-23;/h2-8,10-15,22H,9,16-21H2,1H3;1H. The number of anilines is 2. The third-order valence-electron chi connectivity index (χ3n) is 7.44. The smallest absolute Gasteiger partial charge is 0.170 e. The van der Waals surface area contributed by atoms with Crippen molar-refractivity contribution in [1.82, 2.24) is 24.4 Å². The molecule has 1 aliphatic rings. The molecule has 0 unspecified atom stereocenters. The Bertz CT molecular complexity index is 1590. The molecule has 5 aromatic rings. The molecule has 0 bridgehead atoms. The highest BCUT2D eigenvalue weighted by Gasteiger charge is 2.22. The Morgan fingerprint density at radius 3 is 2.27 bits per heavy atom. The van der Waals surface area contributed by atoms with Crippen molar-refractivity contribution in [3.63, 3.8) is 0 Å². The summed E-state index contributed by atoms with van der Waals surface area (Å²) in [5.41, 5.74) is 4.69. The van der Waals surface area contributed by atoms with Gasteiger partial charge in [-0.25, -0.2) is 15.0 Å². The average Bonchev–Trinajstić information content (AvgIpc) is 3.40. The van der Waals surface area contributed by atoms with Gasteiger partial charge in [-0.05, 0) is 37.2 Å². The Hall–Kier alpha value is -3.36. The first kappa shape index (κ1) is 29.1. The molecule has 0 radical (unpaired) electrons. The van der Waals surface area contributed by atoms with Gasteiger partial charge in [0.05, 0.1) is 15.7 Å². The zero-order valence-electron chi connectivity index (χ0n) is 22.8. The number of para-hydroxylation sites is 1. The maximum atomic E-state index is 6.45. The van der Waals surface area contributed by atoms with E-state index >= 15 is 0 Å². The van der Waals surface area contributed by atoms with Gasteiger partial charge in [-0.2, -0.15) is 0 Å². The molecule has 3 aromatic carbocycles. The van der Waals surface area contributed by atoms with Crippen molar-refractivity contribution < 1.29 is 0 Å². The summed E-state index contributed by atoms with van der Waals surface area (Å²) in [6.45, 7) is 5.73. The Balaban J connectivity index is 0.00000337. The second kappa shape index (κ2) is 13.1. The Morgan fingerprint density at radius 1 is 0.829 bits per heavy atom. The van der Waals surface area contributed by atoms with Gasteiger partial charge in [-0.1, -0.05) is 77.8 Å². The highest BCUT2D eigenvalue weighted by molar-refractivity contribution is 6.43. The molecule has 2 aromatic heterocycles. The van der Waals surface area contributed by atoms with E-state index in [9.17, 15) is 0 Å². The van der Waals surface area contributed by atoms with E-state index in [1.54, 1.807) is 6.33 Å². The molecule has 0 saturated carbocycles. The highest BCUT2D eigenvalue weighted by Crippen LogP contribution is 2.33. The minimum Gasteiger partial charge on any atom is -0.368 e. The second-order valence-corrected chi connectivity index (χ2v) is 10.8. The lowest BCUT2D eigenvalue weighted by Gasteiger charge is -2.36. The number of hydrogen-bond donors (Lipinski definition) is 0. The van der Waals surface area contributed by atoms with E-state index in [4.69, 9.17) is 28.2 Å². The van der Waals surface area contributed by atoms with Gasteiger partial charge in [0, 0.05) is 51.0 Å². The molecule has 0 amide bonds. The van der Waals surface area contributed by atoms with Crippen LogP contribution >= 0.6 is 35.6 Å². The minimum absolute atomic E-state index is 0. The molecule has 10 heteroatoms. The van der Waals surface area contributed by atoms with Crippen LogP contribution in [0.25, 0.3) is 28.2 Å². The van der Waals surface area contributed by atoms with Gasteiger partial charge in [0.15, 0.2) is 17.0 Å². The van der Waals surface area contributed by atoms with Crippen molar-refractivity contribution in [3.05, 3.63) is 95.2 Å². The fraction of sp³-hybridized carbons (Fsp3) is 0.258. The Morgan fingerprint density at radius 2 is 1.54 bits per heavy atom. The van der Waals surface area contributed by atoms with Crippen LogP contribution in [0.5, 0.6) is 0 Å². The van der Waals surface area contributed by atoms with Crippen LogP contribution in [0.3, 0.4) is 0 Å². The number of halogens is 3. The van der Waals surface area contributed by atoms with Gasteiger partial charge >= 0.3 is 0 Å². The van der Waals surface area contributed by atoms with Crippen molar-refractivity contribution >= 4 is 58.3 Å². The molecule has 7 nitrogen and oxygen atoms in total. The lowest BCUT2D eigenvalue weighted by Crippen LogP contribution is -2.47. The molecule has 212 valence electrons.